The maximum atomic E-state index is 5.78. The average molecular weight is 952 g/mol. The van der Waals surface area contributed by atoms with Gasteiger partial charge in [0.25, 0.3) is 0 Å². The number of hydrogen-bond donors (Lipinski definition) is 6. The van der Waals surface area contributed by atoms with E-state index in [0.717, 1.165) is 34.7 Å². The Morgan fingerprint density at radius 1 is 0.217 bits per heavy atom. The van der Waals surface area contributed by atoms with E-state index in [4.69, 9.17) is 25.3 Å². The van der Waals surface area contributed by atoms with Crippen molar-refractivity contribution in [1.82, 2.24) is 0 Å². The van der Waals surface area contributed by atoms with Gasteiger partial charge in [0.1, 0.15) is 0 Å². The Labute approximate surface area is 413 Å². The second-order valence-corrected chi connectivity index (χ2v) is 22.3. The Bertz CT molecular complexity index is 753. The van der Waals surface area contributed by atoms with Crippen LogP contribution in [-0.2, 0) is 0 Å². The SMILES string of the molecule is SCCCCCCCCCCCCC(S)C(CCCCCCCCCCCCS)(CCCCCCCCCCCCS)C(CCCS)CCCCCCCCCCCCS. The van der Waals surface area contributed by atoms with Gasteiger partial charge in [-0.3, -0.25) is 0 Å². The number of unbranched alkanes of at least 4 members (excludes halogenated alkanes) is 36. The van der Waals surface area contributed by atoms with Gasteiger partial charge in [-0.2, -0.15) is 75.8 Å². The van der Waals surface area contributed by atoms with Crippen LogP contribution in [0.25, 0.3) is 0 Å². The van der Waals surface area contributed by atoms with Crippen molar-refractivity contribution in [3.8, 4) is 0 Å². The first-order valence-electron chi connectivity index (χ1n) is 27.3. The Kier molecular flexibility index (Phi) is 53.9. The molecule has 0 radical (unpaired) electrons. The summed E-state index contributed by atoms with van der Waals surface area (Å²) in [5, 5.41) is 0.548. The molecule has 0 nitrogen and oxygen atoms in total. The van der Waals surface area contributed by atoms with Gasteiger partial charge in [-0.25, -0.2) is 0 Å². The predicted octanol–water partition coefficient (Wildman–Crippen LogP) is 20.5. The minimum absolute atomic E-state index is 0.395. The first-order valence-corrected chi connectivity index (χ1v) is 31.0. The van der Waals surface area contributed by atoms with Gasteiger partial charge < -0.3 is 0 Å². The molecule has 0 aliphatic heterocycles. The second-order valence-electron chi connectivity index (χ2n) is 19.4. The topological polar surface area (TPSA) is 0 Å². The van der Waals surface area contributed by atoms with E-state index in [1.165, 1.54) is 295 Å². The van der Waals surface area contributed by atoms with E-state index in [1.54, 1.807) is 0 Å². The Morgan fingerprint density at radius 3 is 0.683 bits per heavy atom. The summed E-state index contributed by atoms with van der Waals surface area (Å²) in [6, 6.07) is 0. The first kappa shape index (κ1) is 62.1. The molecule has 0 heterocycles. The minimum atomic E-state index is 0.395. The van der Waals surface area contributed by atoms with E-state index in [9.17, 15) is 0 Å². The van der Waals surface area contributed by atoms with E-state index >= 15 is 0 Å². The zero-order valence-corrected chi connectivity index (χ0v) is 45.8. The summed E-state index contributed by atoms with van der Waals surface area (Å²) in [6.07, 6.45) is 64.6. The molecule has 0 saturated carbocycles. The molecule has 0 amide bonds. The smallest absolute Gasteiger partial charge is 0.00759 e. The van der Waals surface area contributed by atoms with E-state index in [1.807, 2.05) is 0 Å². The molecule has 6 heteroatoms. The third-order valence-corrected chi connectivity index (χ3v) is 16.5. The molecule has 0 spiro atoms. The molecule has 0 fully saturated rings. The van der Waals surface area contributed by atoms with Crippen molar-refractivity contribution >= 4 is 75.8 Å². The Balaban J connectivity index is 5.58. The largest absolute Gasteiger partial charge is 0.179 e. The van der Waals surface area contributed by atoms with Crippen molar-refractivity contribution in [1.29, 1.82) is 0 Å². The fraction of sp³-hybridized carbons (Fsp3) is 1.00. The fourth-order valence-corrected chi connectivity index (χ4v) is 12.0. The van der Waals surface area contributed by atoms with Crippen molar-refractivity contribution in [3.05, 3.63) is 0 Å². The molecule has 0 aliphatic rings. The van der Waals surface area contributed by atoms with Crippen LogP contribution in [-0.4, -0.2) is 34.0 Å². The van der Waals surface area contributed by atoms with Crippen molar-refractivity contribution in [3.63, 3.8) is 0 Å². The molecular formula is C54H110S6. The molecule has 0 aromatic heterocycles. The zero-order valence-electron chi connectivity index (χ0n) is 40.4. The van der Waals surface area contributed by atoms with Crippen LogP contribution in [0.15, 0.2) is 0 Å². The van der Waals surface area contributed by atoms with Gasteiger partial charge in [0.15, 0.2) is 0 Å². The third kappa shape index (κ3) is 40.4. The molecule has 0 aromatic rings. The van der Waals surface area contributed by atoms with Gasteiger partial charge in [0.05, 0.1) is 0 Å². The molecule has 0 bridgehead atoms. The third-order valence-electron chi connectivity index (χ3n) is 14.1. The molecule has 60 heavy (non-hydrogen) atoms. The average Bonchev–Trinajstić information content (AvgIpc) is 3.26. The molecule has 0 aromatic carbocycles. The van der Waals surface area contributed by atoms with E-state index in [0.29, 0.717) is 10.7 Å². The maximum absolute atomic E-state index is 5.78. The van der Waals surface area contributed by atoms with Crippen LogP contribution in [0.3, 0.4) is 0 Å². The van der Waals surface area contributed by atoms with Crippen molar-refractivity contribution in [2.24, 2.45) is 11.3 Å². The fourth-order valence-electron chi connectivity index (χ4n) is 10.2. The lowest BCUT2D eigenvalue weighted by atomic mass is 9.62. The van der Waals surface area contributed by atoms with Crippen molar-refractivity contribution in [2.45, 2.75) is 301 Å². The number of thiol groups is 6. The van der Waals surface area contributed by atoms with Crippen LogP contribution in [0.4, 0.5) is 0 Å². The van der Waals surface area contributed by atoms with Gasteiger partial charge in [-0.05, 0) is 104 Å². The van der Waals surface area contributed by atoms with Crippen LogP contribution in [0.1, 0.15) is 295 Å². The van der Waals surface area contributed by atoms with Gasteiger partial charge >= 0.3 is 0 Å². The van der Waals surface area contributed by atoms with Crippen LogP contribution in [0.2, 0.25) is 0 Å². The minimum Gasteiger partial charge on any atom is -0.179 e. The van der Waals surface area contributed by atoms with Crippen molar-refractivity contribution < 1.29 is 0 Å². The lowest BCUT2D eigenvalue weighted by Crippen LogP contribution is -2.40. The summed E-state index contributed by atoms with van der Waals surface area (Å²) in [5.41, 5.74) is 0.395. The highest BCUT2D eigenvalue weighted by molar-refractivity contribution is 7.81. The van der Waals surface area contributed by atoms with Gasteiger partial charge in [-0.1, -0.05) is 231 Å². The lowest BCUT2D eigenvalue weighted by Gasteiger charge is -2.46. The van der Waals surface area contributed by atoms with Gasteiger partial charge in [-0.15, -0.1) is 0 Å². The first-order chi connectivity index (χ1) is 29.6. The standard InChI is InChI=1S/C54H110S6/c55-47-37-29-21-13-5-1-9-17-25-33-42-52(43-41-51-59)54(45-35-27-19-11-3-7-15-23-31-39-49-57,46-36-28-20-12-4-8-16-24-32-40-50-58)53(60)44-34-26-18-10-2-6-14-22-30-38-48-56/h52-53,55-60H,1-51H2. The summed E-state index contributed by atoms with van der Waals surface area (Å²) in [6.45, 7) is 0. The molecule has 0 rings (SSSR count). The Hall–Kier alpha value is 2.10. The Morgan fingerprint density at radius 2 is 0.417 bits per heavy atom. The highest BCUT2D eigenvalue weighted by atomic mass is 32.1. The zero-order chi connectivity index (χ0) is 43.7. The van der Waals surface area contributed by atoms with Crippen molar-refractivity contribution in [2.75, 3.05) is 28.8 Å². The van der Waals surface area contributed by atoms with Crippen LogP contribution in [0, 0.1) is 11.3 Å². The highest BCUT2D eigenvalue weighted by Gasteiger charge is 2.42. The molecule has 2 atom stereocenters. The summed E-state index contributed by atoms with van der Waals surface area (Å²) in [5.74, 6) is 6.06. The van der Waals surface area contributed by atoms with Gasteiger partial charge in [0.2, 0.25) is 0 Å². The quantitative estimate of drug-likeness (QED) is 0.0254. The van der Waals surface area contributed by atoms with Crippen LogP contribution < -0.4 is 0 Å². The molecule has 2 unspecified atom stereocenters. The second kappa shape index (κ2) is 52.1. The van der Waals surface area contributed by atoms with E-state index in [2.05, 4.69) is 50.5 Å². The highest BCUT2D eigenvalue weighted by Crippen LogP contribution is 2.50. The maximum Gasteiger partial charge on any atom is 0.00759 e. The predicted molar refractivity (Wildman–Crippen MR) is 300 cm³/mol. The lowest BCUT2D eigenvalue weighted by molar-refractivity contribution is 0.0910. The molecular weight excluding hydrogens is 841 g/mol. The summed E-state index contributed by atoms with van der Waals surface area (Å²) in [7, 11) is 0. The molecule has 0 N–H and O–H groups in total. The molecule has 0 aliphatic carbocycles. The molecule has 0 saturated heterocycles. The number of rotatable bonds is 53. The summed E-state index contributed by atoms with van der Waals surface area (Å²) >= 11 is 28.2. The van der Waals surface area contributed by atoms with E-state index < -0.39 is 0 Å². The monoisotopic (exact) mass is 951 g/mol. The van der Waals surface area contributed by atoms with Crippen LogP contribution >= 0.6 is 75.8 Å². The summed E-state index contributed by atoms with van der Waals surface area (Å²) in [4.78, 5) is 0. The van der Waals surface area contributed by atoms with Crippen LogP contribution in [0.5, 0.6) is 0 Å². The molecule has 362 valence electrons. The normalized spacial score (nSPS) is 13.1. The van der Waals surface area contributed by atoms with Gasteiger partial charge in [0, 0.05) is 5.25 Å². The number of hydrogen-bond acceptors (Lipinski definition) is 6. The van der Waals surface area contributed by atoms with E-state index in [-0.39, 0.29) is 0 Å². The summed E-state index contributed by atoms with van der Waals surface area (Å²) < 4.78 is 0.